The van der Waals surface area contributed by atoms with Crippen molar-refractivity contribution < 1.29 is 9.47 Å². The molecule has 1 unspecified atom stereocenters. The molecule has 0 amide bonds. The van der Waals surface area contributed by atoms with Gasteiger partial charge in [-0.25, -0.2) is 4.98 Å². The first-order valence-electron chi connectivity index (χ1n) is 9.44. The lowest BCUT2D eigenvalue weighted by Crippen LogP contribution is -2.19. The topological polar surface area (TPSA) is 72.1 Å². The maximum atomic E-state index is 6.11. The second kappa shape index (κ2) is 8.22. The molecule has 2 aromatic heterocycles. The van der Waals surface area contributed by atoms with E-state index in [4.69, 9.17) is 9.47 Å². The van der Waals surface area contributed by atoms with Gasteiger partial charge in [-0.05, 0) is 37.5 Å². The van der Waals surface area contributed by atoms with Crippen LogP contribution in [0.2, 0.25) is 0 Å². The molecule has 0 spiro atoms. The van der Waals surface area contributed by atoms with Crippen molar-refractivity contribution in [2.45, 2.75) is 38.8 Å². The molecule has 0 saturated heterocycles. The Kier molecular flexibility index (Phi) is 5.34. The highest BCUT2D eigenvalue weighted by Gasteiger charge is 2.24. The average Bonchev–Trinajstić information content (AvgIpc) is 3.31. The molecule has 0 saturated carbocycles. The van der Waals surface area contributed by atoms with E-state index < -0.39 is 0 Å². The smallest absolute Gasteiger partial charge is 0.223 e. The maximum absolute atomic E-state index is 6.11. The summed E-state index contributed by atoms with van der Waals surface area (Å²) in [6, 6.07) is 12.0. The summed E-state index contributed by atoms with van der Waals surface area (Å²) in [5, 5.41) is 10.8. The van der Waals surface area contributed by atoms with Crippen LogP contribution < -0.4 is 14.8 Å². The van der Waals surface area contributed by atoms with Crippen molar-refractivity contribution in [2.75, 3.05) is 6.61 Å². The fourth-order valence-electron chi connectivity index (χ4n) is 3.33. The Hall–Kier alpha value is -2.86. The predicted octanol–water partition coefficient (Wildman–Crippen LogP) is 4.16. The van der Waals surface area contributed by atoms with E-state index >= 15 is 0 Å². The zero-order valence-corrected chi connectivity index (χ0v) is 15.4. The van der Waals surface area contributed by atoms with Crippen LogP contribution in [0.3, 0.4) is 0 Å². The van der Waals surface area contributed by atoms with Gasteiger partial charge in [-0.15, -0.1) is 0 Å². The van der Waals surface area contributed by atoms with Gasteiger partial charge in [0.2, 0.25) is 5.88 Å². The van der Waals surface area contributed by atoms with Crippen molar-refractivity contribution in [3.8, 4) is 17.4 Å². The van der Waals surface area contributed by atoms with Gasteiger partial charge in [0.25, 0.3) is 0 Å². The minimum absolute atomic E-state index is 0.312. The van der Waals surface area contributed by atoms with Crippen molar-refractivity contribution in [1.29, 1.82) is 0 Å². The van der Waals surface area contributed by atoms with Gasteiger partial charge in [-0.3, -0.25) is 5.10 Å². The van der Waals surface area contributed by atoms with Gasteiger partial charge in [0.15, 0.2) is 11.5 Å². The van der Waals surface area contributed by atoms with Gasteiger partial charge in [0.1, 0.15) is 0 Å². The minimum Gasteiger partial charge on any atom is -0.490 e. The Morgan fingerprint density at radius 3 is 2.96 bits per heavy atom. The number of fused-ring (bicyclic) bond motifs is 1. The average molecular weight is 364 g/mol. The molecular formula is C21H24N4O2. The number of nitrogens with one attached hydrogen (secondary N) is 2. The molecule has 2 heterocycles. The molecule has 27 heavy (non-hydrogen) atoms. The summed E-state index contributed by atoms with van der Waals surface area (Å²) in [5.41, 5.74) is 3.51. The van der Waals surface area contributed by atoms with Crippen molar-refractivity contribution in [3.63, 3.8) is 0 Å². The van der Waals surface area contributed by atoms with Crippen molar-refractivity contribution >= 4 is 0 Å². The first kappa shape index (κ1) is 17.5. The van der Waals surface area contributed by atoms with Gasteiger partial charge in [0, 0.05) is 35.6 Å². The van der Waals surface area contributed by atoms with Crippen LogP contribution >= 0.6 is 0 Å². The third-order valence-corrected chi connectivity index (χ3v) is 4.72. The number of ether oxygens (including phenoxy) is 2. The number of rotatable bonds is 8. The number of benzene rings is 1. The summed E-state index contributed by atoms with van der Waals surface area (Å²) in [6.07, 6.45) is 6.73. The number of pyridine rings is 1. The highest BCUT2D eigenvalue weighted by Crippen LogP contribution is 2.33. The predicted molar refractivity (Wildman–Crippen MR) is 103 cm³/mol. The third-order valence-electron chi connectivity index (χ3n) is 4.72. The van der Waals surface area contributed by atoms with Gasteiger partial charge in [-0.1, -0.05) is 25.1 Å². The zero-order valence-electron chi connectivity index (χ0n) is 15.4. The molecule has 6 nitrogen and oxygen atoms in total. The fraction of sp³-hybridized carbons (Fsp3) is 0.333. The summed E-state index contributed by atoms with van der Waals surface area (Å²) >= 11 is 0. The van der Waals surface area contributed by atoms with Gasteiger partial charge >= 0.3 is 0 Å². The van der Waals surface area contributed by atoms with Crippen molar-refractivity contribution in [3.05, 3.63) is 65.6 Å². The van der Waals surface area contributed by atoms with Crippen molar-refractivity contribution in [2.24, 2.45) is 0 Å². The zero-order chi connectivity index (χ0) is 18.5. The van der Waals surface area contributed by atoms with Crippen molar-refractivity contribution in [1.82, 2.24) is 20.5 Å². The maximum Gasteiger partial charge on any atom is 0.223 e. The highest BCUT2D eigenvalue weighted by molar-refractivity contribution is 5.43. The number of H-pyrrole nitrogens is 1. The second-order valence-corrected chi connectivity index (χ2v) is 6.64. The van der Waals surface area contributed by atoms with E-state index in [1.165, 1.54) is 11.3 Å². The Balaban J connectivity index is 1.47. The monoisotopic (exact) mass is 364 g/mol. The molecule has 140 valence electrons. The molecule has 1 aromatic carbocycles. The summed E-state index contributed by atoms with van der Waals surface area (Å²) in [5.74, 6) is 2.02. The van der Waals surface area contributed by atoms with Crippen LogP contribution in [-0.2, 0) is 13.0 Å². The van der Waals surface area contributed by atoms with Crippen LogP contribution in [0, 0.1) is 0 Å². The van der Waals surface area contributed by atoms with Gasteiger partial charge in [-0.2, -0.15) is 5.10 Å². The number of aromatic amines is 1. The second-order valence-electron chi connectivity index (χ2n) is 6.64. The molecule has 1 aliphatic carbocycles. The van der Waals surface area contributed by atoms with Gasteiger partial charge < -0.3 is 14.8 Å². The number of aromatic nitrogens is 3. The molecule has 0 aliphatic heterocycles. The molecule has 2 N–H and O–H groups in total. The number of aryl methyl sites for hydroxylation is 1. The molecule has 6 heteroatoms. The van der Waals surface area contributed by atoms with E-state index in [0.29, 0.717) is 30.8 Å². The van der Waals surface area contributed by atoms with Crippen LogP contribution in [-0.4, -0.2) is 21.8 Å². The molecule has 3 aromatic rings. The Morgan fingerprint density at radius 2 is 2.07 bits per heavy atom. The van der Waals surface area contributed by atoms with E-state index in [-0.39, 0.29) is 0 Å². The lowest BCUT2D eigenvalue weighted by molar-refractivity contribution is 0.300. The van der Waals surface area contributed by atoms with Crippen LogP contribution in [0.15, 0.2) is 48.8 Å². The number of hydrogen-bond acceptors (Lipinski definition) is 5. The van der Waals surface area contributed by atoms with Crippen LogP contribution in [0.5, 0.6) is 17.4 Å². The first-order valence-corrected chi connectivity index (χ1v) is 9.44. The Morgan fingerprint density at radius 1 is 1.19 bits per heavy atom. The van der Waals surface area contributed by atoms with E-state index in [1.807, 2.05) is 42.6 Å². The lowest BCUT2D eigenvalue weighted by Gasteiger charge is -2.16. The summed E-state index contributed by atoms with van der Waals surface area (Å²) in [4.78, 5) is 4.44. The largest absolute Gasteiger partial charge is 0.490 e. The summed E-state index contributed by atoms with van der Waals surface area (Å²) in [7, 11) is 0. The Labute approximate surface area is 158 Å². The number of hydrogen-bond donors (Lipinski definition) is 2. The highest BCUT2D eigenvalue weighted by atomic mass is 16.5. The van der Waals surface area contributed by atoms with E-state index in [2.05, 4.69) is 27.4 Å². The van der Waals surface area contributed by atoms with Crippen LogP contribution in [0.1, 0.15) is 42.6 Å². The molecule has 0 bridgehead atoms. The summed E-state index contributed by atoms with van der Waals surface area (Å²) < 4.78 is 11.9. The van der Waals surface area contributed by atoms with E-state index in [1.54, 1.807) is 6.20 Å². The van der Waals surface area contributed by atoms with E-state index in [9.17, 15) is 0 Å². The SMILES string of the molecule is CCCOc1ccccc1Oc1ncccc1CNC1CCc2[nH]ncc21. The molecule has 1 aliphatic rings. The molecule has 4 rings (SSSR count). The first-order chi connectivity index (χ1) is 13.3. The number of para-hydroxylation sites is 2. The molecular weight excluding hydrogens is 340 g/mol. The normalized spacial score (nSPS) is 15.5. The lowest BCUT2D eigenvalue weighted by atomic mass is 10.1. The standard InChI is InChI=1S/C21H24N4O2/c1-2-12-26-19-7-3-4-8-20(19)27-21-15(6-5-11-22-21)13-23-17-9-10-18-16(17)14-24-25-18/h3-8,11,14,17,23H,2,9-10,12-13H2,1H3,(H,24,25). The van der Waals surface area contributed by atoms with Crippen LogP contribution in [0.4, 0.5) is 0 Å². The Bertz CT molecular complexity index is 893. The third kappa shape index (κ3) is 3.95. The molecule has 0 fully saturated rings. The molecule has 0 radical (unpaired) electrons. The van der Waals surface area contributed by atoms with Gasteiger partial charge in [0.05, 0.1) is 12.8 Å². The molecule has 1 atom stereocenters. The fourth-order valence-corrected chi connectivity index (χ4v) is 3.33. The van der Waals surface area contributed by atoms with Crippen LogP contribution in [0.25, 0.3) is 0 Å². The minimum atomic E-state index is 0.312. The summed E-state index contributed by atoms with van der Waals surface area (Å²) in [6.45, 7) is 3.42. The number of nitrogens with zero attached hydrogens (tertiary/aromatic N) is 2. The van der Waals surface area contributed by atoms with E-state index in [0.717, 1.165) is 30.6 Å². The quantitative estimate of drug-likeness (QED) is 0.628.